The molecule has 2 aromatic rings. The molecule has 114 valence electrons. The monoisotopic (exact) mass is 301 g/mol. The standard InChI is InChI=1S/C15H15N3O4/c16-8-12-7-13(18(20)21)3-4-15(12)17-9-11(10-19)6-14-2-1-5-22-14/h1-5,7,11,17,19H,6,9-10H2/t11-/m1/s1. The van der Waals surface area contributed by atoms with E-state index in [4.69, 9.17) is 9.68 Å². The molecule has 0 aliphatic carbocycles. The van der Waals surface area contributed by atoms with E-state index in [0.29, 0.717) is 18.7 Å². The molecule has 1 aromatic carbocycles. The van der Waals surface area contributed by atoms with Crippen molar-refractivity contribution >= 4 is 11.4 Å². The molecular formula is C15H15N3O4. The summed E-state index contributed by atoms with van der Waals surface area (Å²) in [6.45, 7) is 0.381. The van der Waals surface area contributed by atoms with Gasteiger partial charge in [-0.1, -0.05) is 0 Å². The van der Waals surface area contributed by atoms with E-state index in [1.807, 2.05) is 12.1 Å². The fraction of sp³-hybridized carbons (Fsp3) is 0.267. The Kier molecular flexibility index (Phi) is 5.11. The van der Waals surface area contributed by atoms with Gasteiger partial charge in [-0.05, 0) is 18.2 Å². The van der Waals surface area contributed by atoms with Crippen molar-refractivity contribution in [1.82, 2.24) is 0 Å². The van der Waals surface area contributed by atoms with Gasteiger partial charge >= 0.3 is 0 Å². The topological polar surface area (TPSA) is 112 Å². The number of aliphatic hydroxyl groups excluding tert-OH is 1. The van der Waals surface area contributed by atoms with Gasteiger partial charge in [0.1, 0.15) is 11.8 Å². The van der Waals surface area contributed by atoms with Crippen molar-refractivity contribution in [3.05, 3.63) is 58.0 Å². The van der Waals surface area contributed by atoms with Gasteiger partial charge < -0.3 is 14.8 Å². The first-order valence-electron chi connectivity index (χ1n) is 6.69. The maximum absolute atomic E-state index is 10.7. The average molecular weight is 301 g/mol. The predicted molar refractivity (Wildman–Crippen MR) is 79.3 cm³/mol. The van der Waals surface area contributed by atoms with Gasteiger partial charge in [0.05, 0.1) is 22.4 Å². The summed E-state index contributed by atoms with van der Waals surface area (Å²) in [7, 11) is 0. The molecule has 1 aromatic heterocycles. The quantitative estimate of drug-likeness (QED) is 0.599. The molecule has 0 bridgehead atoms. The van der Waals surface area contributed by atoms with Gasteiger partial charge in [-0.15, -0.1) is 0 Å². The van der Waals surface area contributed by atoms with Crippen LogP contribution in [0.2, 0.25) is 0 Å². The van der Waals surface area contributed by atoms with Crippen LogP contribution < -0.4 is 5.32 Å². The number of anilines is 1. The maximum Gasteiger partial charge on any atom is 0.270 e. The molecule has 1 heterocycles. The Morgan fingerprint density at radius 3 is 2.86 bits per heavy atom. The third kappa shape index (κ3) is 3.84. The Balaban J connectivity index is 2.03. The zero-order valence-corrected chi connectivity index (χ0v) is 11.7. The van der Waals surface area contributed by atoms with E-state index >= 15 is 0 Å². The van der Waals surface area contributed by atoms with Crippen LogP contribution in [-0.4, -0.2) is 23.2 Å². The molecule has 2 N–H and O–H groups in total. The number of furan rings is 1. The number of benzene rings is 1. The first-order valence-corrected chi connectivity index (χ1v) is 6.69. The molecular weight excluding hydrogens is 286 g/mol. The number of rotatable bonds is 7. The van der Waals surface area contributed by atoms with Crippen LogP contribution >= 0.6 is 0 Å². The number of aliphatic hydroxyl groups is 1. The largest absolute Gasteiger partial charge is 0.469 e. The predicted octanol–water partition coefficient (Wildman–Crippen LogP) is 2.32. The summed E-state index contributed by atoms with van der Waals surface area (Å²) in [6.07, 6.45) is 2.13. The van der Waals surface area contributed by atoms with Crippen molar-refractivity contribution in [3.63, 3.8) is 0 Å². The Bertz CT molecular complexity index is 677. The second-order valence-corrected chi connectivity index (χ2v) is 4.81. The molecule has 2 rings (SSSR count). The molecule has 0 aliphatic rings. The number of nitro benzene ring substituents is 1. The minimum absolute atomic E-state index is 0.0391. The highest BCUT2D eigenvalue weighted by Crippen LogP contribution is 2.22. The normalized spacial score (nSPS) is 11.6. The van der Waals surface area contributed by atoms with Crippen LogP contribution in [0.15, 0.2) is 41.0 Å². The molecule has 0 aliphatic heterocycles. The summed E-state index contributed by atoms with van der Waals surface area (Å²) in [6, 6.07) is 9.60. The van der Waals surface area contributed by atoms with Gasteiger partial charge in [-0.2, -0.15) is 5.26 Å². The van der Waals surface area contributed by atoms with E-state index < -0.39 is 4.92 Å². The molecule has 7 heteroatoms. The second-order valence-electron chi connectivity index (χ2n) is 4.81. The van der Waals surface area contributed by atoms with E-state index in [0.717, 1.165) is 5.76 Å². The minimum Gasteiger partial charge on any atom is -0.469 e. The zero-order chi connectivity index (χ0) is 15.9. The van der Waals surface area contributed by atoms with Gasteiger partial charge in [-0.25, -0.2) is 0 Å². The van der Waals surface area contributed by atoms with Gasteiger partial charge in [0.15, 0.2) is 0 Å². The van der Waals surface area contributed by atoms with Crippen molar-refractivity contribution in [1.29, 1.82) is 5.26 Å². The first-order chi connectivity index (χ1) is 10.6. The van der Waals surface area contributed by atoms with E-state index in [9.17, 15) is 15.2 Å². The summed E-state index contributed by atoms with van der Waals surface area (Å²) in [5.41, 5.74) is 0.575. The van der Waals surface area contributed by atoms with Gasteiger partial charge in [0.25, 0.3) is 5.69 Å². The van der Waals surface area contributed by atoms with E-state index in [1.165, 1.54) is 18.2 Å². The Hall–Kier alpha value is -2.85. The van der Waals surface area contributed by atoms with E-state index in [2.05, 4.69) is 5.32 Å². The lowest BCUT2D eigenvalue weighted by Crippen LogP contribution is -2.20. The number of hydrogen-bond donors (Lipinski definition) is 2. The molecule has 0 radical (unpaired) electrons. The number of non-ortho nitro benzene ring substituents is 1. The zero-order valence-electron chi connectivity index (χ0n) is 11.7. The highest BCUT2D eigenvalue weighted by molar-refractivity contribution is 5.61. The third-order valence-corrected chi connectivity index (χ3v) is 3.24. The second kappa shape index (κ2) is 7.24. The third-order valence-electron chi connectivity index (χ3n) is 3.24. The van der Waals surface area contributed by atoms with E-state index in [-0.39, 0.29) is 23.8 Å². The van der Waals surface area contributed by atoms with Crippen molar-refractivity contribution in [2.24, 2.45) is 5.92 Å². The van der Waals surface area contributed by atoms with Crippen molar-refractivity contribution in [2.75, 3.05) is 18.5 Å². The summed E-state index contributed by atoms with van der Waals surface area (Å²) in [5.74, 6) is 0.679. The SMILES string of the molecule is N#Cc1cc([N+](=O)[O-])ccc1NC[C@H](CO)Cc1ccco1. The molecule has 0 fully saturated rings. The minimum atomic E-state index is -0.544. The summed E-state index contributed by atoms with van der Waals surface area (Å²) >= 11 is 0. The van der Waals surface area contributed by atoms with Crippen molar-refractivity contribution in [2.45, 2.75) is 6.42 Å². The van der Waals surface area contributed by atoms with Crippen LogP contribution in [0.5, 0.6) is 0 Å². The lowest BCUT2D eigenvalue weighted by Gasteiger charge is -2.15. The Morgan fingerprint density at radius 2 is 2.27 bits per heavy atom. The maximum atomic E-state index is 10.7. The molecule has 22 heavy (non-hydrogen) atoms. The number of hydrogen-bond acceptors (Lipinski definition) is 6. The van der Waals surface area contributed by atoms with Crippen LogP contribution in [0.25, 0.3) is 0 Å². The molecule has 1 atom stereocenters. The molecule has 0 amide bonds. The fourth-order valence-electron chi connectivity index (χ4n) is 2.06. The number of nitrogens with one attached hydrogen (secondary N) is 1. The number of nitriles is 1. The lowest BCUT2D eigenvalue weighted by atomic mass is 10.0. The first kappa shape index (κ1) is 15.5. The van der Waals surface area contributed by atoms with Gasteiger partial charge in [0, 0.05) is 37.6 Å². The molecule has 0 spiro atoms. The van der Waals surface area contributed by atoms with E-state index in [1.54, 1.807) is 12.3 Å². The fourth-order valence-corrected chi connectivity index (χ4v) is 2.06. The molecule has 7 nitrogen and oxygen atoms in total. The summed E-state index contributed by atoms with van der Waals surface area (Å²) in [4.78, 5) is 10.2. The van der Waals surface area contributed by atoms with Crippen LogP contribution in [0.1, 0.15) is 11.3 Å². The lowest BCUT2D eigenvalue weighted by molar-refractivity contribution is -0.384. The van der Waals surface area contributed by atoms with Gasteiger partial charge in [0.2, 0.25) is 0 Å². The van der Waals surface area contributed by atoms with Crippen LogP contribution in [0.3, 0.4) is 0 Å². The summed E-state index contributed by atoms with van der Waals surface area (Å²) < 4.78 is 5.24. The highest BCUT2D eigenvalue weighted by atomic mass is 16.6. The van der Waals surface area contributed by atoms with Crippen LogP contribution in [-0.2, 0) is 6.42 Å². The van der Waals surface area contributed by atoms with Gasteiger partial charge in [-0.3, -0.25) is 10.1 Å². The summed E-state index contributed by atoms with van der Waals surface area (Å²) in [5, 5.41) is 32.2. The number of nitro groups is 1. The smallest absolute Gasteiger partial charge is 0.270 e. The van der Waals surface area contributed by atoms with Crippen LogP contribution in [0, 0.1) is 27.4 Å². The molecule has 0 saturated carbocycles. The van der Waals surface area contributed by atoms with Crippen molar-refractivity contribution < 1.29 is 14.4 Å². The van der Waals surface area contributed by atoms with Crippen LogP contribution in [0.4, 0.5) is 11.4 Å². The Morgan fingerprint density at radius 1 is 1.45 bits per heavy atom. The Labute approximate surface area is 126 Å². The van der Waals surface area contributed by atoms with Crippen molar-refractivity contribution in [3.8, 4) is 6.07 Å². The highest BCUT2D eigenvalue weighted by Gasteiger charge is 2.14. The number of nitrogens with zero attached hydrogens (tertiary/aromatic N) is 2. The molecule has 0 unspecified atom stereocenters. The average Bonchev–Trinajstić information content (AvgIpc) is 3.04. The molecule has 0 saturated heterocycles.